The Morgan fingerprint density at radius 1 is 1.33 bits per heavy atom. The van der Waals surface area contributed by atoms with Crippen molar-refractivity contribution in [2.24, 2.45) is 0 Å². The minimum atomic E-state index is 0.0557. The van der Waals surface area contributed by atoms with E-state index in [1.54, 1.807) is 0 Å². The van der Waals surface area contributed by atoms with E-state index in [-0.39, 0.29) is 5.54 Å². The van der Waals surface area contributed by atoms with Gasteiger partial charge in [0.25, 0.3) is 0 Å². The summed E-state index contributed by atoms with van der Waals surface area (Å²) in [5, 5.41) is 3.76. The molecule has 0 radical (unpaired) electrons. The number of nitrogens with zero attached hydrogens (tertiary/aromatic N) is 2. The molecule has 0 amide bonds. The van der Waals surface area contributed by atoms with Crippen LogP contribution in [0.1, 0.15) is 32.8 Å². The summed E-state index contributed by atoms with van der Waals surface area (Å²) in [7, 11) is 4.31. The lowest BCUT2D eigenvalue weighted by molar-refractivity contribution is 0.0547. The topological polar surface area (TPSA) is 18.5 Å². The van der Waals surface area contributed by atoms with Crippen LogP contribution in [-0.4, -0.2) is 55.6 Å². The van der Waals surface area contributed by atoms with Crippen LogP contribution in [0, 0.1) is 0 Å². The number of hydrogen-bond donors (Lipinski definition) is 1. The summed E-state index contributed by atoms with van der Waals surface area (Å²) in [6.07, 6.45) is 1.22. The van der Waals surface area contributed by atoms with Crippen molar-refractivity contribution >= 4 is 0 Å². The first-order chi connectivity index (χ1) is 9.92. The van der Waals surface area contributed by atoms with E-state index in [0.29, 0.717) is 12.1 Å². The van der Waals surface area contributed by atoms with Crippen LogP contribution in [0.5, 0.6) is 0 Å². The molecule has 3 unspecified atom stereocenters. The molecule has 1 aromatic rings. The first-order valence-corrected chi connectivity index (χ1v) is 8.13. The van der Waals surface area contributed by atoms with Gasteiger partial charge in [0.1, 0.15) is 0 Å². The highest BCUT2D eigenvalue weighted by atomic mass is 15.3. The van der Waals surface area contributed by atoms with E-state index in [0.717, 1.165) is 19.6 Å². The molecule has 1 fully saturated rings. The minimum absolute atomic E-state index is 0.0557. The molecule has 1 aromatic carbocycles. The third-order valence-corrected chi connectivity index (χ3v) is 4.82. The molecule has 21 heavy (non-hydrogen) atoms. The highest BCUT2D eigenvalue weighted by Crippen LogP contribution is 2.28. The maximum Gasteiger partial charge on any atom is 0.0535 e. The molecular formula is C18H31N3. The van der Waals surface area contributed by atoms with Gasteiger partial charge in [0, 0.05) is 25.2 Å². The van der Waals surface area contributed by atoms with E-state index < -0.39 is 0 Å². The van der Waals surface area contributed by atoms with Gasteiger partial charge in [-0.25, -0.2) is 0 Å². The van der Waals surface area contributed by atoms with Crippen molar-refractivity contribution in [2.75, 3.05) is 33.7 Å². The summed E-state index contributed by atoms with van der Waals surface area (Å²) < 4.78 is 0. The number of benzene rings is 1. The normalized spacial score (nSPS) is 28.8. The van der Waals surface area contributed by atoms with Crippen molar-refractivity contribution in [3.8, 4) is 0 Å². The Bertz CT molecular complexity index is 431. The molecule has 0 aromatic heterocycles. The van der Waals surface area contributed by atoms with Crippen molar-refractivity contribution in [2.45, 2.75) is 44.8 Å². The van der Waals surface area contributed by atoms with Crippen LogP contribution in [0.2, 0.25) is 0 Å². The summed E-state index contributed by atoms with van der Waals surface area (Å²) in [5.74, 6) is 0. The summed E-state index contributed by atoms with van der Waals surface area (Å²) in [6, 6.07) is 12.1. The average molecular weight is 289 g/mol. The molecule has 1 saturated heterocycles. The molecule has 1 heterocycles. The average Bonchev–Trinajstić information content (AvgIpc) is 2.48. The van der Waals surface area contributed by atoms with Gasteiger partial charge in [-0.1, -0.05) is 30.3 Å². The summed E-state index contributed by atoms with van der Waals surface area (Å²) in [5.41, 5.74) is 1.45. The van der Waals surface area contributed by atoms with Gasteiger partial charge in [0.05, 0.1) is 5.54 Å². The first-order valence-electron chi connectivity index (χ1n) is 8.13. The lowest BCUT2D eigenvalue weighted by Gasteiger charge is -2.48. The van der Waals surface area contributed by atoms with E-state index in [1.807, 2.05) is 0 Å². The number of nitrogens with one attached hydrogen (secondary N) is 1. The number of hydrogen-bond acceptors (Lipinski definition) is 3. The maximum atomic E-state index is 3.76. The van der Waals surface area contributed by atoms with Crippen molar-refractivity contribution < 1.29 is 0 Å². The molecule has 0 saturated carbocycles. The van der Waals surface area contributed by atoms with Gasteiger partial charge < -0.3 is 10.2 Å². The molecular weight excluding hydrogens is 258 g/mol. The van der Waals surface area contributed by atoms with Gasteiger partial charge in [0.2, 0.25) is 0 Å². The molecule has 118 valence electrons. The Kier molecular flexibility index (Phi) is 5.42. The van der Waals surface area contributed by atoms with Gasteiger partial charge in [-0.2, -0.15) is 0 Å². The fraction of sp³-hybridized carbons (Fsp3) is 0.667. The molecule has 3 nitrogen and oxygen atoms in total. The maximum absolute atomic E-state index is 3.76. The first kappa shape index (κ1) is 16.5. The van der Waals surface area contributed by atoms with E-state index in [4.69, 9.17) is 0 Å². The zero-order chi connectivity index (χ0) is 15.5. The van der Waals surface area contributed by atoms with E-state index in [9.17, 15) is 0 Å². The zero-order valence-electron chi connectivity index (χ0n) is 14.3. The Morgan fingerprint density at radius 3 is 2.62 bits per heavy atom. The summed E-state index contributed by atoms with van der Waals surface area (Å²) in [4.78, 5) is 4.95. The van der Waals surface area contributed by atoms with Gasteiger partial charge in [-0.3, -0.25) is 4.90 Å². The third kappa shape index (κ3) is 4.06. The van der Waals surface area contributed by atoms with Crippen molar-refractivity contribution in [3.63, 3.8) is 0 Å². The summed E-state index contributed by atoms with van der Waals surface area (Å²) >= 11 is 0. The van der Waals surface area contributed by atoms with Crippen LogP contribution in [0.3, 0.4) is 0 Å². The summed E-state index contributed by atoms with van der Waals surface area (Å²) in [6.45, 7) is 10.3. The van der Waals surface area contributed by atoms with Crippen LogP contribution in [-0.2, 0) is 5.54 Å². The second-order valence-corrected chi connectivity index (χ2v) is 7.04. The van der Waals surface area contributed by atoms with Crippen molar-refractivity contribution in [1.82, 2.24) is 15.1 Å². The minimum Gasteiger partial charge on any atom is -0.309 e. The SMILES string of the molecule is CC(CCN(C)C)N1CC(C)(c2ccccc2)NCC1C. The molecule has 0 spiro atoms. The monoisotopic (exact) mass is 289 g/mol. The lowest BCUT2D eigenvalue weighted by atomic mass is 9.87. The predicted octanol–water partition coefficient (Wildman–Crippen LogP) is 2.54. The fourth-order valence-corrected chi connectivity index (χ4v) is 3.27. The fourth-order valence-electron chi connectivity index (χ4n) is 3.27. The van der Waals surface area contributed by atoms with Crippen LogP contribution < -0.4 is 5.32 Å². The van der Waals surface area contributed by atoms with Crippen LogP contribution >= 0.6 is 0 Å². The standard InChI is InChI=1S/C18H31N3/c1-15(11-12-20(4)5)21-14-18(3,19-13-16(21)2)17-9-7-6-8-10-17/h6-10,15-16,19H,11-14H2,1-5H3. The van der Waals surface area contributed by atoms with E-state index >= 15 is 0 Å². The highest BCUT2D eigenvalue weighted by molar-refractivity contribution is 5.25. The van der Waals surface area contributed by atoms with Crippen molar-refractivity contribution in [1.29, 1.82) is 0 Å². The second kappa shape index (κ2) is 6.91. The zero-order valence-corrected chi connectivity index (χ0v) is 14.3. The molecule has 0 aliphatic carbocycles. The molecule has 2 rings (SSSR count). The van der Waals surface area contributed by atoms with Crippen LogP contribution in [0.4, 0.5) is 0 Å². The molecule has 0 bridgehead atoms. The number of rotatable bonds is 5. The predicted molar refractivity (Wildman–Crippen MR) is 90.6 cm³/mol. The van der Waals surface area contributed by atoms with Gasteiger partial charge in [-0.15, -0.1) is 0 Å². The molecule has 3 atom stereocenters. The van der Waals surface area contributed by atoms with E-state index in [2.05, 4.69) is 80.3 Å². The smallest absolute Gasteiger partial charge is 0.0535 e. The molecule has 3 heteroatoms. The Morgan fingerprint density at radius 2 is 2.00 bits per heavy atom. The van der Waals surface area contributed by atoms with Gasteiger partial charge in [-0.05, 0) is 53.4 Å². The number of piperazine rings is 1. The largest absolute Gasteiger partial charge is 0.309 e. The van der Waals surface area contributed by atoms with E-state index in [1.165, 1.54) is 12.0 Å². The quantitative estimate of drug-likeness (QED) is 0.898. The van der Waals surface area contributed by atoms with Crippen molar-refractivity contribution in [3.05, 3.63) is 35.9 Å². The Hall–Kier alpha value is -0.900. The van der Waals surface area contributed by atoms with Gasteiger partial charge >= 0.3 is 0 Å². The van der Waals surface area contributed by atoms with Gasteiger partial charge in [0.15, 0.2) is 0 Å². The van der Waals surface area contributed by atoms with Crippen LogP contribution in [0.15, 0.2) is 30.3 Å². The van der Waals surface area contributed by atoms with Crippen LogP contribution in [0.25, 0.3) is 0 Å². The Balaban J connectivity index is 2.08. The second-order valence-electron chi connectivity index (χ2n) is 7.04. The molecule has 1 N–H and O–H groups in total. The highest BCUT2D eigenvalue weighted by Gasteiger charge is 2.36. The molecule has 1 aliphatic heterocycles. The lowest BCUT2D eigenvalue weighted by Crippen LogP contribution is -2.62. The Labute approximate surface area is 130 Å². The molecule has 1 aliphatic rings. The third-order valence-electron chi connectivity index (χ3n) is 4.82.